The molecule has 0 aliphatic heterocycles. The van der Waals surface area contributed by atoms with Crippen LogP contribution in [0.1, 0.15) is 37.6 Å². The summed E-state index contributed by atoms with van der Waals surface area (Å²) in [6.07, 6.45) is 0.495. The summed E-state index contributed by atoms with van der Waals surface area (Å²) in [6, 6.07) is 6.71. The normalized spacial score (nSPS) is 11.5. The van der Waals surface area contributed by atoms with Crippen LogP contribution in [-0.2, 0) is 9.84 Å². The molecule has 0 fully saturated rings. The van der Waals surface area contributed by atoms with Crippen molar-refractivity contribution in [2.45, 2.75) is 31.5 Å². The highest BCUT2D eigenvalue weighted by Gasteiger charge is 2.20. The minimum atomic E-state index is -3.43. The number of nitrogens with one attached hydrogen (secondary N) is 1. The summed E-state index contributed by atoms with van der Waals surface area (Å²) in [7, 11) is -3.43. The zero-order valence-electron chi connectivity index (χ0n) is 14.4. The second-order valence-corrected chi connectivity index (χ2v) is 9.14. The number of hydrogen-bond acceptors (Lipinski definition) is 7. The van der Waals surface area contributed by atoms with Crippen LogP contribution in [-0.4, -0.2) is 36.9 Å². The Hall–Kier alpha value is -2.00. The van der Waals surface area contributed by atoms with Gasteiger partial charge in [-0.05, 0) is 36.6 Å². The molecule has 9 heteroatoms. The van der Waals surface area contributed by atoms with Gasteiger partial charge in [-0.25, -0.2) is 8.42 Å². The van der Waals surface area contributed by atoms with Crippen molar-refractivity contribution in [3.8, 4) is 5.75 Å². The highest BCUT2D eigenvalue weighted by Crippen LogP contribution is 2.22. The molecule has 0 saturated carbocycles. The minimum Gasteiger partial charge on any atom is -0.493 e. The third-order valence-corrected chi connectivity index (χ3v) is 6.27. The number of ether oxygens (including phenoxy) is 1. The molecule has 1 amide bonds. The van der Waals surface area contributed by atoms with Crippen LogP contribution in [0.15, 0.2) is 28.6 Å². The number of aromatic nitrogens is 2. The molecule has 25 heavy (non-hydrogen) atoms. The predicted octanol–water partition coefficient (Wildman–Crippen LogP) is 3.01. The Bertz CT molecular complexity index is 814. The molecule has 1 heterocycles. The van der Waals surface area contributed by atoms with E-state index in [1.165, 1.54) is 0 Å². The van der Waals surface area contributed by atoms with Crippen LogP contribution in [0.5, 0.6) is 5.75 Å². The van der Waals surface area contributed by atoms with E-state index in [0.717, 1.165) is 11.3 Å². The second kappa shape index (κ2) is 8.39. The average Bonchev–Trinajstić information content (AvgIpc) is 3.02. The molecule has 1 aromatic heterocycles. The maximum atomic E-state index is 12.2. The van der Waals surface area contributed by atoms with Crippen molar-refractivity contribution in [3.63, 3.8) is 0 Å². The largest absolute Gasteiger partial charge is 0.493 e. The first-order valence-electron chi connectivity index (χ1n) is 7.92. The predicted molar refractivity (Wildman–Crippen MR) is 97.0 cm³/mol. The molecule has 0 bridgehead atoms. The van der Waals surface area contributed by atoms with E-state index in [-0.39, 0.29) is 21.1 Å². The molecular formula is C16H21N3O4S2. The van der Waals surface area contributed by atoms with E-state index < -0.39 is 9.84 Å². The summed E-state index contributed by atoms with van der Waals surface area (Å²) in [4.78, 5) is 12.2. The molecule has 0 radical (unpaired) electrons. The first-order valence-corrected chi connectivity index (χ1v) is 10.4. The standard InChI is InChI=1S/C16H21N3O4S2/c1-4-9-25(21,22)16-19-18-15(24-16)17-14(20)12-5-7-13(8-6-12)23-10-11(2)3/h5-8,11H,4,9-10H2,1-3H3,(H,17,18,20). The summed E-state index contributed by atoms with van der Waals surface area (Å²) in [6.45, 7) is 6.48. The lowest BCUT2D eigenvalue weighted by atomic mass is 10.2. The van der Waals surface area contributed by atoms with Crippen molar-refractivity contribution in [1.29, 1.82) is 0 Å². The van der Waals surface area contributed by atoms with Gasteiger partial charge in [0.25, 0.3) is 5.91 Å². The third kappa shape index (κ3) is 5.50. The summed E-state index contributed by atoms with van der Waals surface area (Å²) in [5, 5.41) is 10.1. The monoisotopic (exact) mass is 383 g/mol. The highest BCUT2D eigenvalue weighted by atomic mass is 32.2. The van der Waals surface area contributed by atoms with E-state index in [0.29, 0.717) is 30.3 Å². The Kier molecular flexibility index (Phi) is 6.49. The van der Waals surface area contributed by atoms with Crippen LogP contribution < -0.4 is 10.1 Å². The summed E-state index contributed by atoms with van der Waals surface area (Å²) in [5.41, 5.74) is 0.421. The van der Waals surface area contributed by atoms with Gasteiger partial charge < -0.3 is 4.74 Å². The summed E-state index contributed by atoms with van der Waals surface area (Å²) < 4.78 is 29.3. The van der Waals surface area contributed by atoms with Crippen LogP contribution in [0.4, 0.5) is 5.13 Å². The van der Waals surface area contributed by atoms with Gasteiger partial charge >= 0.3 is 0 Å². The molecule has 1 aromatic carbocycles. The van der Waals surface area contributed by atoms with Crippen molar-refractivity contribution in [3.05, 3.63) is 29.8 Å². The molecule has 0 unspecified atom stereocenters. The van der Waals surface area contributed by atoms with E-state index in [1.807, 2.05) is 0 Å². The lowest BCUT2D eigenvalue weighted by Crippen LogP contribution is -2.11. The van der Waals surface area contributed by atoms with Gasteiger partial charge in [-0.2, -0.15) is 0 Å². The number of amides is 1. The molecule has 1 N–H and O–H groups in total. The van der Waals surface area contributed by atoms with Crippen molar-refractivity contribution < 1.29 is 17.9 Å². The fourth-order valence-electron chi connectivity index (χ4n) is 1.88. The average molecular weight is 383 g/mol. The SMILES string of the molecule is CCCS(=O)(=O)c1nnc(NC(=O)c2ccc(OCC(C)C)cc2)s1. The maximum absolute atomic E-state index is 12.2. The van der Waals surface area contributed by atoms with Crippen molar-refractivity contribution in [2.75, 3.05) is 17.7 Å². The van der Waals surface area contributed by atoms with Gasteiger partial charge in [0.15, 0.2) is 0 Å². The summed E-state index contributed by atoms with van der Waals surface area (Å²) >= 11 is 0.850. The zero-order valence-corrected chi connectivity index (χ0v) is 16.0. The smallest absolute Gasteiger partial charge is 0.257 e. The molecule has 0 spiro atoms. The number of hydrogen-bond donors (Lipinski definition) is 1. The third-order valence-electron chi connectivity index (χ3n) is 3.07. The van der Waals surface area contributed by atoms with Crippen LogP contribution in [0.2, 0.25) is 0 Å². The molecular weight excluding hydrogens is 362 g/mol. The van der Waals surface area contributed by atoms with Gasteiger partial charge in [0, 0.05) is 5.56 Å². The molecule has 0 aliphatic carbocycles. The van der Waals surface area contributed by atoms with E-state index in [9.17, 15) is 13.2 Å². The van der Waals surface area contributed by atoms with Crippen molar-refractivity contribution >= 4 is 32.2 Å². The molecule has 2 rings (SSSR count). The lowest BCUT2D eigenvalue weighted by Gasteiger charge is -2.09. The van der Waals surface area contributed by atoms with E-state index >= 15 is 0 Å². The van der Waals surface area contributed by atoms with Crippen LogP contribution in [0, 0.1) is 5.92 Å². The van der Waals surface area contributed by atoms with E-state index in [4.69, 9.17) is 4.74 Å². The van der Waals surface area contributed by atoms with Gasteiger partial charge in [0.1, 0.15) is 5.75 Å². The Morgan fingerprint density at radius 2 is 1.92 bits per heavy atom. The molecule has 136 valence electrons. The number of carbonyl (C=O) groups is 1. The number of nitrogens with zero attached hydrogens (tertiary/aromatic N) is 2. The number of rotatable bonds is 8. The minimum absolute atomic E-state index is 0.00736. The van der Waals surface area contributed by atoms with Gasteiger partial charge in [0.2, 0.25) is 19.3 Å². The number of anilines is 1. The number of sulfone groups is 1. The lowest BCUT2D eigenvalue weighted by molar-refractivity contribution is 0.102. The Labute approximate surface area is 151 Å². The van der Waals surface area contributed by atoms with Gasteiger partial charge in [-0.15, -0.1) is 10.2 Å². The van der Waals surface area contributed by atoms with Crippen molar-refractivity contribution in [2.24, 2.45) is 5.92 Å². The van der Waals surface area contributed by atoms with Gasteiger partial charge in [-0.1, -0.05) is 32.1 Å². The number of benzene rings is 1. The first-order chi connectivity index (χ1) is 11.8. The highest BCUT2D eigenvalue weighted by molar-refractivity contribution is 7.93. The first kappa shape index (κ1) is 19.3. The molecule has 2 aromatic rings. The maximum Gasteiger partial charge on any atom is 0.257 e. The fraction of sp³-hybridized carbons (Fsp3) is 0.438. The van der Waals surface area contributed by atoms with Crippen molar-refractivity contribution in [1.82, 2.24) is 10.2 Å². The van der Waals surface area contributed by atoms with Crippen LogP contribution in [0.25, 0.3) is 0 Å². The van der Waals surface area contributed by atoms with Crippen LogP contribution >= 0.6 is 11.3 Å². The topological polar surface area (TPSA) is 98.3 Å². The Morgan fingerprint density at radius 1 is 1.24 bits per heavy atom. The van der Waals surface area contributed by atoms with Gasteiger partial charge in [-0.3, -0.25) is 10.1 Å². The second-order valence-electron chi connectivity index (χ2n) is 5.88. The van der Waals surface area contributed by atoms with Crippen LogP contribution in [0.3, 0.4) is 0 Å². The molecule has 0 saturated heterocycles. The Morgan fingerprint density at radius 3 is 2.52 bits per heavy atom. The molecule has 0 aliphatic rings. The number of carbonyl (C=O) groups excluding carboxylic acids is 1. The zero-order chi connectivity index (χ0) is 18.4. The van der Waals surface area contributed by atoms with E-state index in [1.54, 1.807) is 31.2 Å². The summed E-state index contributed by atoms with van der Waals surface area (Å²) in [5.74, 6) is 0.728. The fourth-order valence-corrected chi connectivity index (χ4v) is 4.22. The quantitative estimate of drug-likeness (QED) is 0.704. The van der Waals surface area contributed by atoms with Gasteiger partial charge in [0.05, 0.1) is 12.4 Å². The molecule has 0 atom stereocenters. The molecule has 7 nitrogen and oxygen atoms in total. The Balaban J connectivity index is 2.01. The van der Waals surface area contributed by atoms with E-state index in [2.05, 4.69) is 29.4 Å².